The minimum absolute atomic E-state index is 0.00781. The van der Waals surface area contributed by atoms with Gasteiger partial charge in [0.2, 0.25) is 0 Å². The fourth-order valence-corrected chi connectivity index (χ4v) is 3.71. The van der Waals surface area contributed by atoms with Crippen LogP contribution in [0.3, 0.4) is 0 Å². The Morgan fingerprint density at radius 2 is 1.40 bits per heavy atom. The van der Waals surface area contributed by atoms with Crippen LogP contribution in [0, 0.1) is 0 Å². The lowest BCUT2D eigenvalue weighted by molar-refractivity contribution is 0.0938. The second-order valence-corrected chi connectivity index (χ2v) is 6.89. The van der Waals surface area contributed by atoms with Crippen molar-refractivity contribution in [2.75, 3.05) is 33.0 Å². The normalized spacial score (nSPS) is 15.3. The number of hydrogen-bond donors (Lipinski definition) is 1. The molecule has 1 heterocycles. The van der Waals surface area contributed by atoms with Crippen LogP contribution in [0.15, 0.2) is 30.3 Å². The highest BCUT2D eigenvalue weighted by Gasteiger charge is 2.29. The summed E-state index contributed by atoms with van der Waals surface area (Å²) < 4.78 is 22.9. The Morgan fingerprint density at radius 3 is 2.03 bits per heavy atom. The topological polar surface area (TPSA) is 66.0 Å². The van der Waals surface area contributed by atoms with Crippen LogP contribution in [0.1, 0.15) is 55.2 Å². The first-order valence-corrected chi connectivity index (χ1v) is 10.7. The fourth-order valence-electron chi connectivity index (χ4n) is 3.71. The lowest BCUT2D eigenvalue weighted by Crippen LogP contribution is -2.35. The summed E-state index contributed by atoms with van der Waals surface area (Å²) in [6.07, 6.45) is 0.832. The van der Waals surface area contributed by atoms with Crippen molar-refractivity contribution in [1.29, 1.82) is 0 Å². The predicted molar refractivity (Wildman–Crippen MR) is 116 cm³/mol. The number of ketones is 1. The van der Waals surface area contributed by atoms with E-state index in [1.807, 2.05) is 39.8 Å². The van der Waals surface area contributed by atoms with Gasteiger partial charge in [0.1, 0.15) is 0 Å². The van der Waals surface area contributed by atoms with Crippen LogP contribution in [0.2, 0.25) is 0 Å². The molecule has 1 aliphatic rings. The highest BCUT2D eigenvalue weighted by molar-refractivity contribution is 6.01. The van der Waals surface area contributed by atoms with Gasteiger partial charge in [0.05, 0.1) is 32.5 Å². The molecule has 3 rings (SSSR count). The number of nitrogens with one attached hydrogen (secondary N) is 1. The molecule has 0 bridgehead atoms. The Kier molecular flexibility index (Phi) is 7.57. The van der Waals surface area contributed by atoms with Crippen molar-refractivity contribution in [3.8, 4) is 23.0 Å². The number of carbonyl (C=O) groups excluding carboxylic acids is 1. The number of fused-ring (bicyclic) bond motifs is 1. The molecule has 0 saturated carbocycles. The van der Waals surface area contributed by atoms with Crippen LogP contribution in [-0.4, -0.2) is 38.8 Å². The monoisotopic (exact) mass is 413 g/mol. The van der Waals surface area contributed by atoms with E-state index in [0.717, 1.165) is 29.8 Å². The van der Waals surface area contributed by atoms with Crippen molar-refractivity contribution in [2.45, 2.75) is 40.2 Å². The van der Waals surface area contributed by atoms with Crippen LogP contribution in [0.25, 0.3) is 0 Å². The third-order valence-corrected chi connectivity index (χ3v) is 4.95. The highest BCUT2D eigenvalue weighted by atomic mass is 16.5. The molecule has 1 N–H and O–H groups in total. The van der Waals surface area contributed by atoms with Crippen LogP contribution in [0.4, 0.5) is 0 Å². The van der Waals surface area contributed by atoms with E-state index < -0.39 is 6.04 Å². The molecule has 0 saturated heterocycles. The van der Waals surface area contributed by atoms with Crippen LogP contribution in [-0.2, 0) is 6.42 Å². The SMILES string of the molecule is CCOc1ccc(C(=O)C2NCCc3cc(OCC)c(OCC)cc32)cc1OCC. The van der Waals surface area contributed by atoms with E-state index in [4.69, 9.17) is 18.9 Å². The number of benzene rings is 2. The molecule has 1 atom stereocenters. The maximum absolute atomic E-state index is 13.4. The summed E-state index contributed by atoms with van der Waals surface area (Å²) in [5.74, 6) is 2.62. The van der Waals surface area contributed by atoms with Gasteiger partial charge < -0.3 is 24.3 Å². The van der Waals surface area contributed by atoms with Crippen molar-refractivity contribution in [3.63, 3.8) is 0 Å². The molecule has 0 amide bonds. The van der Waals surface area contributed by atoms with Crippen LogP contribution >= 0.6 is 0 Å². The third kappa shape index (κ3) is 4.70. The Bertz CT molecular complexity index is 880. The fraction of sp³-hybridized carbons (Fsp3) is 0.458. The van der Waals surface area contributed by atoms with Gasteiger partial charge in [-0.3, -0.25) is 4.79 Å². The number of ether oxygens (including phenoxy) is 4. The third-order valence-electron chi connectivity index (χ3n) is 4.95. The molecule has 0 fully saturated rings. The zero-order valence-corrected chi connectivity index (χ0v) is 18.2. The minimum Gasteiger partial charge on any atom is -0.490 e. The maximum atomic E-state index is 13.4. The van der Waals surface area contributed by atoms with Gasteiger partial charge in [0, 0.05) is 12.1 Å². The number of Topliss-reactive ketones (excluding diaryl/α,β-unsaturated/α-hetero) is 1. The Balaban J connectivity index is 1.96. The average Bonchev–Trinajstić information content (AvgIpc) is 2.75. The molecule has 0 radical (unpaired) electrons. The molecule has 6 nitrogen and oxygen atoms in total. The molecular formula is C24H31NO5. The number of rotatable bonds is 10. The lowest BCUT2D eigenvalue weighted by atomic mass is 9.89. The van der Waals surface area contributed by atoms with Crippen LogP contribution < -0.4 is 24.3 Å². The molecule has 0 spiro atoms. The number of hydrogen-bond acceptors (Lipinski definition) is 6. The summed E-state index contributed by atoms with van der Waals surface area (Å²) >= 11 is 0. The Morgan fingerprint density at radius 1 is 0.833 bits per heavy atom. The zero-order chi connectivity index (χ0) is 21.5. The largest absolute Gasteiger partial charge is 0.490 e. The second kappa shape index (κ2) is 10.3. The lowest BCUT2D eigenvalue weighted by Gasteiger charge is -2.27. The van der Waals surface area contributed by atoms with Gasteiger partial charge in [-0.05, 0) is 75.6 Å². The summed E-state index contributed by atoms with van der Waals surface area (Å²) in [5.41, 5.74) is 2.62. The van der Waals surface area contributed by atoms with E-state index in [1.54, 1.807) is 18.2 Å². The minimum atomic E-state index is -0.448. The molecular weight excluding hydrogens is 382 g/mol. The summed E-state index contributed by atoms with van der Waals surface area (Å²) in [6, 6.07) is 8.87. The number of carbonyl (C=O) groups is 1. The molecule has 2 aromatic carbocycles. The molecule has 6 heteroatoms. The molecule has 0 aliphatic carbocycles. The molecule has 0 aromatic heterocycles. The second-order valence-electron chi connectivity index (χ2n) is 6.89. The molecule has 2 aromatic rings. The quantitative estimate of drug-likeness (QED) is 0.584. The van der Waals surface area contributed by atoms with E-state index >= 15 is 0 Å². The highest BCUT2D eigenvalue weighted by Crippen LogP contribution is 2.37. The average molecular weight is 414 g/mol. The van der Waals surface area contributed by atoms with E-state index in [9.17, 15) is 4.79 Å². The Hall–Kier alpha value is -2.73. The predicted octanol–water partition coefficient (Wildman–Crippen LogP) is 4.35. The first-order valence-electron chi connectivity index (χ1n) is 10.7. The Labute approximate surface area is 178 Å². The molecule has 1 unspecified atom stereocenters. The van der Waals surface area contributed by atoms with E-state index in [0.29, 0.717) is 49.2 Å². The van der Waals surface area contributed by atoms with Gasteiger partial charge in [0.25, 0.3) is 0 Å². The van der Waals surface area contributed by atoms with Crippen LogP contribution in [0.5, 0.6) is 23.0 Å². The first kappa shape index (κ1) is 22.0. The smallest absolute Gasteiger partial charge is 0.184 e. The van der Waals surface area contributed by atoms with Crippen molar-refractivity contribution >= 4 is 5.78 Å². The standard InChI is InChI=1S/C24H31NO5/c1-5-27-19-10-9-17(14-20(19)28-6-2)24(26)23-18-15-22(30-8-4)21(29-7-3)13-16(18)11-12-25-23/h9-10,13-15,23,25H,5-8,11-12H2,1-4H3. The summed E-state index contributed by atoms with van der Waals surface area (Å²) in [7, 11) is 0. The van der Waals surface area contributed by atoms with E-state index in [1.165, 1.54) is 0 Å². The summed E-state index contributed by atoms with van der Waals surface area (Å²) in [5, 5.41) is 3.37. The first-order chi connectivity index (χ1) is 14.6. The van der Waals surface area contributed by atoms with Crippen molar-refractivity contribution in [3.05, 3.63) is 47.0 Å². The van der Waals surface area contributed by atoms with Gasteiger partial charge in [-0.25, -0.2) is 0 Å². The van der Waals surface area contributed by atoms with E-state index in [-0.39, 0.29) is 5.78 Å². The maximum Gasteiger partial charge on any atom is 0.184 e. The van der Waals surface area contributed by atoms with Crippen molar-refractivity contribution < 1.29 is 23.7 Å². The molecule has 30 heavy (non-hydrogen) atoms. The van der Waals surface area contributed by atoms with Gasteiger partial charge in [-0.2, -0.15) is 0 Å². The van der Waals surface area contributed by atoms with E-state index in [2.05, 4.69) is 5.32 Å². The van der Waals surface area contributed by atoms with Gasteiger partial charge in [0.15, 0.2) is 28.8 Å². The molecule has 162 valence electrons. The van der Waals surface area contributed by atoms with Crippen molar-refractivity contribution in [1.82, 2.24) is 5.32 Å². The molecule has 1 aliphatic heterocycles. The van der Waals surface area contributed by atoms with Gasteiger partial charge >= 0.3 is 0 Å². The zero-order valence-electron chi connectivity index (χ0n) is 18.2. The summed E-state index contributed by atoms with van der Waals surface area (Å²) in [6.45, 7) is 10.6. The summed E-state index contributed by atoms with van der Waals surface area (Å²) in [4.78, 5) is 13.4. The van der Waals surface area contributed by atoms with Crippen molar-refractivity contribution in [2.24, 2.45) is 0 Å². The van der Waals surface area contributed by atoms with Gasteiger partial charge in [-0.15, -0.1) is 0 Å². The van der Waals surface area contributed by atoms with Gasteiger partial charge in [-0.1, -0.05) is 0 Å².